The van der Waals surface area contributed by atoms with Gasteiger partial charge in [-0.3, -0.25) is 10.1 Å². The molecule has 27 heavy (non-hydrogen) atoms. The lowest BCUT2D eigenvalue weighted by Crippen LogP contribution is -2.13. The monoisotopic (exact) mass is 394 g/mol. The molecule has 1 amide bonds. The van der Waals surface area contributed by atoms with Crippen LogP contribution in [-0.4, -0.2) is 31.1 Å². The van der Waals surface area contributed by atoms with Crippen LogP contribution < -0.4 is 5.32 Å². The minimum atomic E-state index is -0.368. The number of hydrogen-bond acceptors (Lipinski definition) is 7. The summed E-state index contributed by atoms with van der Waals surface area (Å²) in [4.78, 5) is 13.8. The minimum Gasteiger partial charge on any atom is -0.295 e. The fraction of sp³-hybridized carbons (Fsp3) is 0.0556. The van der Waals surface area contributed by atoms with Crippen molar-refractivity contribution >= 4 is 34.1 Å². The predicted octanol–water partition coefficient (Wildman–Crippen LogP) is 3.66. The van der Waals surface area contributed by atoms with E-state index in [1.165, 1.54) is 27.9 Å². The van der Waals surface area contributed by atoms with E-state index >= 15 is 0 Å². The van der Waals surface area contributed by atoms with Crippen molar-refractivity contribution in [2.45, 2.75) is 10.1 Å². The van der Waals surface area contributed by atoms with E-state index < -0.39 is 0 Å². The second-order valence-corrected chi connectivity index (χ2v) is 7.66. The number of rotatable bonds is 6. The molecule has 7 nitrogen and oxygen atoms in total. The first-order chi connectivity index (χ1) is 13.3. The Morgan fingerprint density at radius 1 is 1.04 bits per heavy atom. The van der Waals surface area contributed by atoms with Gasteiger partial charge in [-0.15, -0.1) is 15.3 Å². The highest BCUT2D eigenvalue weighted by Crippen LogP contribution is 2.28. The Bertz CT molecular complexity index is 1030. The van der Waals surface area contributed by atoms with Gasteiger partial charge in [-0.25, -0.2) is 0 Å². The predicted molar refractivity (Wildman–Crippen MR) is 105 cm³/mol. The van der Waals surface area contributed by atoms with Gasteiger partial charge in [0.1, 0.15) is 0 Å². The smallest absolute Gasteiger partial charge is 0.279 e. The van der Waals surface area contributed by atoms with Gasteiger partial charge in [0.25, 0.3) is 5.91 Å². The number of thioether (sulfide) groups is 1. The van der Waals surface area contributed by atoms with E-state index in [0.29, 0.717) is 5.13 Å². The summed E-state index contributed by atoms with van der Waals surface area (Å²) in [5, 5.41) is 19.6. The van der Waals surface area contributed by atoms with Crippen molar-refractivity contribution in [3.8, 4) is 5.69 Å². The summed E-state index contributed by atoms with van der Waals surface area (Å²) in [5.41, 5.74) is 2.21. The highest BCUT2D eigenvalue weighted by atomic mass is 32.2. The van der Waals surface area contributed by atoms with E-state index in [9.17, 15) is 4.79 Å². The van der Waals surface area contributed by atoms with E-state index in [-0.39, 0.29) is 11.6 Å². The summed E-state index contributed by atoms with van der Waals surface area (Å²) in [5.74, 6) is 0.433. The fourth-order valence-electron chi connectivity index (χ4n) is 2.25. The zero-order valence-corrected chi connectivity index (χ0v) is 15.7. The van der Waals surface area contributed by atoms with Crippen LogP contribution in [0.1, 0.15) is 16.1 Å². The number of benzene rings is 2. The third-order valence-electron chi connectivity index (χ3n) is 3.54. The van der Waals surface area contributed by atoms with Crippen molar-refractivity contribution in [1.29, 1.82) is 0 Å². The first-order valence-electron chi connectivity index (χ1n) is 8.07. The van der Waals surface area contributed by atoms with Crippen molar-refractivity contribution < 1.29 is 4.79 Å². The highest BCUT2D eigenvalue weighted by molar-refractivity contribution is 8.00. The molecule has 0 aliphatic heterocycles. The van der Waals surface area contributed by atoms with Crippen LogP contribution in [0.3, 0.4) is 0 Å². The molecule has 134 valence electrons. The average Bonchev–Trinajstić information content (AvgIpc) is 3.38. The van der Waals surface area contributed by atoms with Crippen LogP contribution in [0.25, 0.3) is 5.69 Å². The molecule has 0 saturated carbocycles. The summed E-state index contributed by atoms with van der Waals surface area (Å²) in [6.45, 7) is 0. The number of para-hydroxylation sites is 1. The van der Waals surface area contributed by atoms with Gasteiger partial charge in [-0.2, -0.15) is 9.90 Å². The zero-order chi connectivity index (χ0) is 18.5. The molecule has 0 saturated heterocycles. The first-order valence-corrected chi connectivity index (χ1v) is 9.87. The number of hydrogen-bond donors (Lipinski definition) is 1. The molecule has 0 aliphatic carbocycles. The third kappa shape index (κ3) is 4.39. The van der Waals surface area contributed by atoms with Crippen molar-refractivity contribution in [1.82, 2.24) is 25.2 Å². The Morgan fingerprint density at radius 2 is 1.78 bits per heavy atom. The van der Waals surface area contributed by atoms with Gasteiger partial charge < -0.3 is 0 Å². The summed E-state index contributed by atoms with van der Waals surface area (Å²) in [6, 6.07) is 19.5. The van der Waals surface area contributed by atoms with Crippen molar-refractivity contribution in [3.63, 3.8) is 0 Å². The maximum absolute atomic E-state index is 12.4. The first kappa shape index (κ1) is 17.4. The van der Waals surface area contributed by atoms with Crippen LogP contribution in [-0.2, 0) is 5.75 Å². The summed E-state index contributed by atoms with van der Waals surface area (Å²) in [6.07, 6.45) is 1.43. The lowest BCUT2D eigenvalue weighted by Gasteiger charge is -1.98. The fourth-order valence-corrected chi connectivity index (χ4v) is 3.95. The van der Waals surface area contributed by atoms with Crippen LogP contribution in [0.2, 0.25) is 0 Å². The summed E-state index contributed by atoms with van der Waals surface area (Å²) < 4.78 is 0.794. The molecule has 4 aromatic rings. The molecule has 0 fully saturated rings. The second kappa shape index (κ2) is 8.11. The SMILES string of the molecule is O=C(Nc1nnc(SCc2ccccc2)s1)c1cnn(-c2ccccc2)n1. The van der Waals surface area contributed by atoms with Crippen LogP contribution in [0, 0.1) is 0 Å². The molecule has 0 atom stereocenters. The van der Waals surface area contributed by atoms with Crippen molar-refractivity contribution in [2.75, 3.05) is 5.32 Å². The molecule has 4 rings (SSSR count). The molecule has 0 radical (unpaired) electrons. The number of amides is 1. The van der Waals surface area contributed by atoms with E-state index in [1.807, 2.05) is 48.5 Å². The normalized spacial score (nSPS) is 10.7. The Kier molecular flexibility index (Phi) is 5.22. The quantitative estimate of drug-likeness (QED) is 0.397. The van der Waals surface area contributed by atoms with Gasteiger partial charge in [0.05, 0.1) is 11.9 Å². The van der Waals surface area contributed by atoms with E-state index in [1.54, 1.807) is 11.8 Å². The maximum Gasteiger partial charge on any atom is 0.279 e. The van der Waals surface area contributed by atoms with E-state index in [4.69, 9.17) is 0 Å². The molecule has 9 heteroatoms. The van der Waals surface area contributed by atoms with Gasteiger partial charge in [0.2, 0.25) is 5.13 Å². The number of aromatic nitrogens is 5. The topological polar surface area (TPSA) is 85.6 Å². The van der Waals surface area contributed by atoms with Gasteiger partial charge in [0, 0.05) is 5.75 Å². The highest BCUT2D eigenvalue weighted by Gasteiger charge is 2.14. The Morgan fingerprint density at radius 3 is 2.56 bits per heavy atom. The third-order valence-corrected chi connectivity index (χ3v) is 5.59. The number of nitrogens with zero attached hydrogens (tertiary/aromatic N) is 5. The molecule has 0 bridgehead atoms. The largest absolute Gasteiger partial charge is 0.295 e. The van der Waals surface area contributed by atoms with Gasteiger partial charge >= 0.3 is 0 Å². The molecule has 0 aliphatic rings. The Hall–Kier alpha value is -3.04. The van der Waals surface area contributed by atoms with Gasteiger partial charge in [0.15, 0.2) is 10.0 Å². The second-order valence-electron chi connectivity index (χ2n) is 5.46. The maximum atomic E-state index is 12.4. The molecule has 1 N–H and O–H groups in total. The zero-order valence-electron chi connectivity index (χ0n) is 14.0. The van der Waals surface area contributed by atoms with Crippen molar-refractivity contribution in [3.05, 3.63) is 78.1 Å². The molecule has 0 unspecified atom stereocenters. The van der Waals surface area contributed by atoms with E-state index in [2.05, 4.69) is 37.8 Å². The van der Waals surface area contributed by atoms with Crippen LogP contribution in [0.15, 0.2) is 71.2 Å². The number of nitrogens with one attached hydrogen (secondary N) is 1. The lowest BCUT2D eigenvalue weighted by atomic mass is 10.2. The minimum absolute atomic E-state index is 0.215. The molecular formula is C18H14N6OS2. The van der Waals surface area contributed by atoms with Crippen LogP contribution in [0.5, 0.6) is 0 Å². The molecular weight excluding hydrogens is 380 g/mol. The van der Waals surface area contributed by atoms with Gasteiger partial charge in [-0.1, -0.05) is 71.6 Å². The molecule has 0 spiro atoms. The Balaban J connectivity index is 1.37. The van der Waals surface area contributed by atoms with Crippen molar-refractivity contribution in [2.24, 2.45) is 0 Å². The van der Waals surface area contributed by atoms with Gasteiger partial charge in [-0.05, 0) is 17.7 Å². The van der Waals surface area contributed by atoms with E-state index in [0.717, 1.165) is 15.8 Å². The molecule has 2 aromatic carbocycles. The number of carbonyl (C=O) groups excluding carboxylic acids is 1. The molecule has 2 aromatic heterocycles. The lowest BCUT2D eigenvalue weighted by molar-refractivity contribution is 0.102. The van der Waals surface area contributed by atoms with Crippen LogP contribution >= 0.6 is 23.1 Å². The number of anilines is 1. The number of carbonyl (C=O) groups is 1. The molecule has 2 heterocycles. The van der Waals surface area contributed by atoms with Crippen LogP contribution in [0.4, 0.5) is 5.13 Å². The summed E-state index contributed by atoms with van der Waals surface area (Å²) >= 11 is 2.91. The Labute approximate surface area is 163 Å². The average molecular weight is 394 g/mol. The standard InChI is InChI=1S/C18H14N6OS2/c25-16(15-11-19-24(23-15)14-9-5-2-6-10-14)20-17-21-22-18(27-17)26-12-13-7-3-1-4-8-13/h1-11H,12H2,(H,20,21,25). The summed E-state index contributed by atoms with van der Waals surface area (Å²) in [7, 11) is 0.